The summed E-state index contributed by atoms with van der Waals surface area (Å²) in [6.45, 7) is 7.56. The molecule has 64 valence electrons. The van der Waals surface area contributed by atoms with E-state index in [4.69, 9.17) is 5.26 Å². The molecule has 0 aromatic carbocycles. The zero-order valence-electron chi connectivity index (χ0n) is 7.55. The first-order valence-corrected chi connectivity index (χ1v) is 4.95. The van der Waals surface area contributed by atoms with Crippen molar-refractivity contribution in [3.8, 4) is 6.07 Å². The predicted octanol–water partition coefficient (Wildman–Crippen LogP) is 1.84. The van der Waals surface area contributed by atoms with Crippen LogP contribution in [-0.2, 0) is 10.8 Å². The van der Waals surface area contributed by atoms with E-state index in [1.807, 2.05) is 27.7 Å². The van der Waals surface area contributed by atoms with Crippen LogP contribution in [-0.4, -0.2) is 14.2 Å². The Morgan fingerprint density at radius 2 is 2.00 bits per heavy atom. The van der Waals surface area contributed by atoms with Crippen molar-refractivity contribution in [2.24, 2.45) is 0 Å². The van der Waals surface area contributed by atoms with Gasteiger partial charge in [-0.05, 0) is 27.2 Å². The van der Waals surface area contributed by atoms with Crippen LogP contribution in [0, 0.1) is 11.3 Å². The Hall–Kier alpha value is -0.360. The number of hydrogen-bond acceptors (Lipinski definition) is 2. The van der Waals surface area contributed by atoms with Crippen LogP contribution >= 0.6 is 0 Å². The highest BCUT2D eigenvalue weighted by Gasteiger charge is 2.26. The van der Waals surface area contributed by atoms with Crippen molar-refractivity contribution in [1.82, 2.24) is 0 Å². The molecule has 0 aliphatic carbocycles. The Morgan fingerprint density at radius 1 is 1.55 bits per heavy atom. The first-order chi connectivity index (χ1) is 4.93. The van der Waals surface area contributed by atoms with Crippen molar-refractivity contribution >= 4 is 10.8 Å². The first-order valence-electron chi connectivity index (χ1n) is 3.73. The summed E-state index contributed by atoms with van der Waals surface area (Å²) in [7, 11) is -1.04. The van der Waals surface area contributed by atoms with Gasteiger partial charge in [-0.3, -0.25) is 4.21 Å². The fourth-order valence-corrected chi connectivity index (χ4v) is 1.97. The highest BCUT2D eigenvalue weighted by Crippen LogP contribution is 2.17. The third-order valence-corrected chi connectivity index (χ3v) is 3.54. The van der Waals surface area contributed by atoms with Crippen molar-refractivity contribution in [3.05, 3.63) is 0 Å². The Bertz CT molecular complexity index is 187. The minimum absolute atomic E-state index is 0.267. The lowest BCUT2D eigenvalue weighted by Gasteiger charge is -2.20. The molecule has 0 aliphatic rings. The summed E-state index contributed by atoms with van der Waals surface area (Å²) in [6.07, 6.45) is 0.667. The van der Waals surface area contributed by atoms with Crippen LogP contribution in [0.4, 0.5) is 0 Å². The molecule has 0 saturated heterocycles. The second-order valence-electron chi connectivity index (χ2n) is 3.44. The van der Waals surface area contributed by atoms with E-state index < -0.39 is 10.8 Å². The maximum Gasteiger partial charge on any atom is 0.122 e. The SMILES string of the molecule is CCC(C#N)S(=O)C(C)(C)C. The van der Waals surface area contributed by atoms with E-state index in [-0.39, 0.29) is 10.00 Å². The highest BCUT2D eigenvalue weighted by molar-refractivity contribution is 7.87. The van der Waals surface area contributed by atoms with Crippen LogP contribution in [0.25, 0.3) is 0 Å². The van der Waals surface area contributed by atoms with Crippen LogP contribution in [0.3, 0.4) is 0 Å². The molecule has 0 heterocycles. The van der Waals surface area contributed by atoms with E-state index in [0.29, 0.717) is 6.42 Å². The van der Waals surface area contributed by atoms with Gasteiger partial charge in [-0.25, -0.2) is 0 Å². The van der Waals surface area contributed by atoms with Gasteiger partial charge in [0.2, 0.25) is 0 Å². The number of rotatable bonds is 2. The minimum atomic E-state index is -1.04. The van der Waals surface area contributed by atoms with Crippen LogP contribution in [0.1, 0.15) is 34.1 Å². The molecule has 0 saturated carbocycles. The first kappa shape index (κ1) is 10.6. The monoisotopic (exact) mass is 173 g/mol. The standard InChI is InChI=1S/C8H15NOS/c1-5-7(6-9)11(10)8(2,3)4/h7H,5H2,1-4H3. The lowest BCUT2D eigenvalue weighted by molar-refractivity contribution is 0.640. The van der Waals surface area contributed by atoms with Gasteiger partial charge in [0.05, 0.1) is 6.07 Å². The summed E-state index contributed by atoms with van der Waals surface area (Å²) in [6, 6.07) is 2.06. The maximum atomic E-state index is 11.5. The fraction of sp³-hybridized carbons (Fsp3) is 0.875. The Labute approximate surface area is 71.1 Å². The fourth-order valence-electron chi connectivity index (χ4n) is 0.717. The molecule has 0 N–H and O–H groups in total. The van der Waals surface area contributed by atoms with E-state index in [0.717, 1.165) is 0 Å². The van der Waals surface area contributed by atoms with Crippen LogP contribution < -0.4 is 0 Å². The predicted molar refractivity (Wildman–Crippen MR) is 47.6 cm³/mol. The average molecular weight is 173 g/mol. The second-order valence-corrected chi connectivity index (χ2v) is 5.82. The van der Waals surface area contributed by atoms with Gasteiger partial charge in [0.1, 0.15) is 5.25 Å². The number of hydrogen-bond donors (Lipinski definition) is 0. The highest BCUT2D eigenvalue weighted by atomic mass is 32.2. The summed E-state index contributed by atoms with van der Waals surface area (Å²) >= 11 is 0. The largest absolute Gasteiger partial charge is 0.258 e. The molecular weight excluding hydrogens is 158 g/mol. The Morgan fingerprint density at radius 3 is 2.09 bits per heavy atom. The zero-order chi connectivity index (χ0) is 9.07. The van der Waals surface area contributed by atoms with Crippen LogP contribution in [0.5, 0.6) is 0 Å². The van der Waals surface area contributed by atoms with Crippen molar-refractivity contribution < 1.29 is 4.21 Å². The van der Waals surface area contributed by atoms with E-state index in [2.05, 4.69) is 6.07 Å². The molecule has 0 aromatic rings. The van der Waals surface area contributed by atoms with Gasteiger partial charge < -0.3 is 0 Å². The van der Waals surface area contributed by atoms with E-state index in [9.17, 15) is 4.21 Å². The third kappa shape index (κ3) is 3.02. The lowest BCUT2D eigenvalue weighted by atomic mass is 10.3. The quantitative estimate of drug-likeness (QED) is 0.639. The van der Waals surface area contributed by atoms with Gasteiger partial charge >= 0.3 is 0 Å². The molecule has 2 atom stereocenters. The summed E-state index contributed by atoms with van der Waals surface area (Å²) in [5, 5.41) is 8.31. The number of nitriles is 1. The molecule has 0 rings (SSSR count). The van der Waals surface area contributed by atoms with Crippen molar-refractivity contribution in [2.75, 3.05) is 0 Å². The third-order valence-electron chi connectivity index (χ3n) is 1.38. The van der Waals surface area contributed by atoms with E-state index in [1.165, 1.54) is 0 Å². The van der Waals surface area contributed by atoms with Crippen molar-refractivity contribution in [3.63, 3.8) is 0 Å². The molecule has 0 amide bonds. The van der Waals surface area contributed by atoms with Crippen LogP contribution in [0.15, 0.2) is 0 Å². The van der Waals surface area contributed by atoms with Gasteiger partial charge in [-0.1, -0.05) is 6.92 Å². The van der Waals surface area contributed by atoms with Gasteiger partial charge in [-0.2, -0.15) is 5.26 Å². The molecule has 0 aliphatic heterocycles. The smallest absolute Gasteiger partial charge is 0.122 e. The number of nitrogens with zero attached hydrogens (tertiary/aromatic N) is 1. The summed E-state index contributed by atoms with van der Waals surface area (Å²) in [4.78, 5) is 0. The van der Waals surface area contributed by atoms with Gasteiger partial charge in [-0.15, -0.1) is 0 Å². The average Bonchev–Trinajstić information content (AvgIpc) is 1.88. The van der Waals surface area contributed by atoms with E-state index >= 15 is 0 Å². The molecule has 0 fully saturated rings. The topological polar surface area (TPSA) is 40.9 Å². The normalized spacial score (nSPS) is 17.0. The van der Waals surface area contributed by atoms with Gasteiger partial charge in [0, 0.05) is 15.5 Å². The van der Waals surface area contributed by atoms with Crippen LogP contribution in [0.2, 0.25) is 0 Å². The maximum absolute atomic E-state index is 11.5. The molecular formula is C8H15NOS. The van der Waals surface area contributed by atoms with Gasteiger partial charge in [0.15, 0.2) is 0 Å². The Kier molecular flexibility index (Phi) is 3.74. The molecule has 0 spiro atoms. The van der Waals surface area contributed by atoms with Gasteiger partial charge in [0.25, 0.3) is 0 Å². The second kappa shape index (κ2) is 3.87. The molecule has 0 bridgehead atoms. The summed E-state index contributed by atoms with van der Waals surface area (Å²) < 4.78 is 11.2. The summed E-state index contributed by atoms with van der Waals surface area (Å²) in [5.74, 6) is 0. The molecule has 0 aromatic heterocycles. The van der Waals surface area contributed by atoms with E-state index in [1.54, 1.807) is 0 Å². The molecule has 11 heavy (non-hydrogen) atoms. The zero-order valence-corrected chi connectivity index (χ0v) is 8.36. The molecule has 3 heteroatoms. The molecule has 2 unspecified atom stereocenters. The summed E-state index contributed by atoms with van der Waals surface area (Å²) in [5.41, 5.74) is 0. The molecule has 0 radical (unpaired) electrons. The van der Waals surface area contributed by atoms with Crippen molar-refractivity contribution in [1.29, 1.82) is 5.26 Å². The Balaban J connectivity index is 4.38. The molecule has 2 nitrogen and oxygen atoms in total. The minimum Gasteiger partial charge on any atom is -0.258 e. The lowest BCUT2D eigenvalue weighted by Crippen LogP contribution is -2.30. The van der Waals surface area contributed by atoms with Crippen molar-refractivity contribution in [2.45, 2.75) is 44.1 Å².